The minimum absolute atomic E-state index is 1.17. The molecule has 0 radical (unpaired) electrons. The van der Waals surface area contributed by atoms with Gasteiger partial charge in [0.15, 0.2) is 7.85 Å². The maximum Gasteiger partial charge on any atom is 0.177 e. The first-order valence-corrected chi connectivity index (χ1v) is 3.42. The molecule has 3 heteroatoms. The Labute approximate surface area is 54.2 Å². The van der Waals surface area contributed by atoms with Crippen LogP contribution < -0.4 is 4.91 Å². The Hall–Kier alpha value is -0.305. The molecule has 0 aliphatic heterocycles. The number of aryl methyl sites for hydroxylation is 2. The van der Waals surface area contributed by atoms with E-state index in [1.165, 1.54) is 15.5 Å². The summed E-state index contributed by atoms with van der Waals surface area (Å²) in [6, 6.07) is 0. The Morgan fingerprint density at radius 3 is 2.25 bits per heavy atom. The van der Waals surface area contributed by atoms with E-state index in [0.717, 1.165) is 0 Å². The SMILES string of the molecule is Bc1nc(C)c(C)s1. The summed E-state index contributed by atoms with van der Waals surface area (Å²) in [4.78, 5) is 6.73. The van der Waals surface area contributed by atoms with Gasteiger partial charge in [-0.25, -0.2) is 0 Å². The Kier molecular flexibility index (Phi) is 1.38. The zero-order valence-corrected chi connectivity index (χ0v) is 6.17. The van der Waals surface area contributed by atoms with Gasteiger partial charge < -0.3 is 0 Å². The molecule has 0 bridgehead atoms. The van der Waals surface area contributed by atoms with Gasteiger partial charge in [0.05, 0.1) is 5.69 Å². The van der Waals surface area contributed by atoms with Crippen LogP contribution in [0.4, 0.5) is 0 Å². The maximum atomic E-state index is 4.23. The van der Waals surface area contributed by atoms with E-state index in [-0.39, 0.29) is 0 Å². The molecule has 0 saturated carbocycles. The summed E-state index contributed by atoms with van der Waals surface area (Å²) in [6.45, 7) is 4.14. The largest absolute Gasteiger partial charge is 0.258 e. The lowest BCUT2D eigenvalue weighted by atomic mass is 10.2. The second kappa shape index (κ2) is 1.90. The van der Waals surface area contributed by atoms with Crippen LogP contribution >= 0.6 is 11.3 Å². The monoisotopic (exact) mass is 125 g/mol. The predicted molar refractivity (Wildman–Crippen MR) is 39.8 cm³/mol. The molecular weight excluding hydrogens is 117 g/mol. The minimum atomic E-state index is 1.17. The maximum absolute atomic E-state index is 4.23. The smallest absolute Gasteiger partial charge is 0.177 e. The van der Waals surface area contributed by atoms with Gasteiger partial charge in [-0.15, -0.1) is 11.3 Å². The number of hydrogen-bond acceptors (Lipinski definition) is 2. The van der Waals surface area contributed by atoms with Gasteiger partial charge in [-0.05, 0) is 13.8 Å². The van der Waals surface area contributed by atoms with E-state index in [4.69, 9.17) is 0 Å². The summed E-state index contributed by atoms with van der Waals surface area (Å²) >= 11 is 1.76. The molecule has 0 aromatic carbocycles. The highest BCUT2D eigenvalue weighted by Crippen LogP contribution is 2.05. The molecule has 1 heterocycles. The van der Waals surface area contributed by atoms with Crippen LogP contribution in [0.1, 0.15) is 10.6 Å². The summed E-state index contributed by atoms with van der Waals surface area (Å²) < 4.78 is 0. The first-order valence-electron chi connectivity index (χ1n) is 2.61. The molecule has 1 rings (SSSR count). The molecule has 0 spiro atoms. The average molecular weight is 125 g/mol. The molecular formula is C5H8BNS. The van der Waals surface area contributed by atoms with Crippen LogP contribution in [-0.2, 0) is 0 Å². The number of thiazole rings is 1. The highest BCUT2D eigenvalue weighted by molar-refractivity contribution is 7.19. The summed E-state index contributed by atoms with van der Waals surface area (Å²) in [5.41, 5.74) is 1.17. The van der Waals surface area contributed by atoms with E-state index < -0.39 is 0 Å². The third-order valence-corrected chi connectivity index (χ3v) is 2.12. The normalized spacial score (nSPS) is 9.75. The van der Waals surface area contributed by atoms with E-state index in [1.54, 1.807) is 11.3 Å². The van der Waals surface area contributed by atoms with Gasteiger partial charge in [0.25, 0.3) is 0 Å². The van der Waals surface area contributed by atoms with E-state index in [2.05, 4.69) is 11.9 Å². The molecule has 0 aliphatic carbocycles. The van der Waals surface area contributed by atoms with E-state index >= 15 is 0 Å². The zero-order chi connectivity index (χ0) is 6.15. The van der Waals surface area contributed by atoms with Crippen molar-refractivity contribution in [3.8, 4) is 0 Å². The molecule has 0 unspecified atom stereocenters. The van der Waals surface area contributed by atoms with Crippen LogP contribution in [0.25, 0.3) is 0 Å². The second-order valence-corrected chi connectivity index (χ2v) is 3.28. The Morgan fingerprint density at radius 1 is 1.50 bits per heavy atom. The van der Waals surface area contributed by atoms with Gasteiger partial charge in [0.1, 0.15) is 0 Å². The molecule has 0 atom stereocenters. The van der Waals surface area contributed by atoms with Crippen LogP contribution in [0.15, 0.2) is 0 Å². The van der Waals surface area contributed by atoms with Crippen LogP contribution in [0.3, 0.4) is 0 Å². The highest BCUT2D eigenvalue weighted by Gasteiger charge is 1.95. The molecule has 42 valence electrons. The van der Waals surface area contributed by atoms with E-state index in [9.17, 15) is 0 Å². The van der Waals surface area contributed by atoms with Crippen molar-refractivity contribution in [2.45, 2.75) is 13.8 Å². The zero-order valence-electron chi connectivity index (χ0n) is 5.36. The standard InChI is InChI=1S/C5H8BNS/c1-3-4(2)8-5(6)7-3/h6H2,1-2H3. The van der Waals surface area contributed by atoms with Crippen molar-refractivity contribution in [2.75, 3.05) is 0 Å². The molecule has 0 N–H and O–H groups in total. The van der Waals surface area contributed by atoms with Crippen molar-refractivity contribution >= 4 is 24.1 Å². The minimum Gasteiger partial charge on any atom is -0.258 e. The van der Waals surface area contributed by atoms with Crippen molar-refractivity contribution in [2.24, 2.45) is 0 Å². The van der Waals surface area contributed by atoms with Gasteiger partial charge in [0.2, 0.25) is 0 Å². The van der Waals surface area contributed by atoms with Crippen molar-refractivity contribution in [1.82, 2.24) is 4.98 Å². The first-order chi connectivity index (χ1) is 3.70. The lowest BCUT2D eigenvalue weighted by molar-refractivity contribution is 1.25. The molecule has 1 aromatic heterocycles. The quantitative estimate of drug-likeness (QED) is 0.445. The lowest BCUT2D eigenvalue weighted by Gasteiger charge is -1.77. The average Bonchev–Trinajstić information content (AvgIpc) is 1.85. The summed E-state index contributed by atoms with van der Waals surface area (Å²) in [6.07, 6.45) is 0. The van der Waals surface area contributed by atoms with Crippen LogP contribution in [0.5, 0.6) is 0 Å². The van der Waals surface area contributed by atoms with E-state index in [1.807, 2.05) is 14.8 Å². The lowest BCUT2D eigenvalue weighted by Crippen LogP contribution is -1.97. The van der Waals surface area contributed by atoms with Crippen molar-refractivity contribution < 1.29 is 0 Å². The fourth-order valence-corrected chi connectivity index (χ4v) is 1.45. The Bertz CT molecular complexity index is 175. The van der Waals surface area contributed by atoms with Crippen LogP contribution in [0, 0.1) is 13.8 Å². The van der Waals surface area contributed by atoms with Gasteiger partial charge in [-0.3, -0.25) is 4.98 Å². The summed E-state index contributed by atoms with van der Waals surface area (Å²) in [7, 11) is 2.03. The number of hydrogen-bond donors (Lipinski definition) is 0. The van der Waals surface area contributed by atoms with Crippen molar-refractivity contribution in [3.63, 3.8) is 0 Å². The van der Waals surface area contributed by atoms with Crippen LogP contribution in [-0.4, -0.2) is 12.8 Å². The third kappa shape index (κ3) is 0.918. The number of aromatic nitrogens is 1. The van der Waals surface area contributed by atoms with Gasteiger partial charge >= 0.3 is 0 Å². The van der Waals surface area contributed by atoms with Crippen molar-refractivity contribution in [3.05, 3.63) is 10.6 Å². The van der Waals surface area contributed by atoms with Crippen LogP contribution in [0.2, 0.25) is 0 Å². The predicted octanol–water partition coefficient (Wildman–Crippen LogP) is 0.0183. The fraction of sp³-hybridized carbons (Fsp3) is 0.400. The first kappa shape index (κ1) is 5.82. The molecule has 0 aliphatic rings. The molecule has 0 amide bonds. The van der Waals surface area contributed by atoms with Crippen molar-refractivity contribution in [1.29, 1.82) is 0 Å². The second-order valence-electron chi connectivity index (χ2n) is 1.87. The Morgan fingerprint density at radius 2 is 2.12 bits per heavy atom. The molecule has 0 fully saturated rings. The number of rotatable bonds is 0. The summed E-state index contributed by atoms with van der Waals surface area (Å²) in [5.74, 6) is 0. The number of nitrogens with zero attached hydrogens (tertiary/aromatic N) is 1. The summed E-state index contributed by atoms with van der Waals surface area (Å²) in [5, 5.41) is 0. The van der Waals surface area contributed by atoms with Gasteiger partial charge in [-0.2, -0.15) is 0 Å². The molecule has 1 nitrogen and oxygen atoms in total. The Balaban J connectivity index is 3.14. The molecule has 8 heavy (non-hydrogen) atoms. The van der Waals surface area contributed by atoms with Gasteiger partial charge in [0, 0.05) is 9.78 Å². The fourth-order valence-electron chi connectivity index (χ4n) is 0.633. The van der Waals surface area contributed by atoms with E-state index in [0.29, 0.717) is 0 Å². The molecule has 1 aromatic rings. The molecule has 0 saturated heterocycles. The van der Waals surface area contributed by atoms with Gasteiger partial charge in [-0.1, -0.05) is 0 Å². The third-order valence-electron chi connectivity index (χ3n) is 1.14. The highest BCUT2D eigenvalue weighted by atomic mass is 32.1. The topological polar surface area (TPSA) is 12.9 Å².